The van der Waals surface area contributed by atoms with Crippen molar-refractivity contribution in [3.8, 4) is 17.1 Å². The normalized spacial score (nSPS) is 11.2. The van der Waals surface area contributed by atoms with Gasteiger partial charge in [0.2, 0.25) is 0 Å². The number of amides is 1. The largest absolute Gasteiger partial charge is 0.468 e. The van der Waals surface area contributed by atoms with Crippen molar-refractivity contribution < 1.29 is 13.9 Å². The fourth-order valence-electron chi connectivity index (χ4n) is 3.41. The summed E-state index contributed by atoms with van der Waals surface area (Å²) in [5.74, 6) is 0.706. The fourth-order valence-corrected chi connectivity index (χ4v) is 3.41. The first-order valence-electron chi connectivity index (χ1n) is 9.08. The van der Waals surface area contributed by atoms with E-state index in [1.165, 1.54) is 0 Å². The Hall–Kier alpha value is -4.40. The van der Waals surface area contributed by atoms with Crippen LogP contribution in [0.5, 0.6) is 6.01 Å². The third kappa shape index (κ3) is 3.18. The number of imidazole rings is 1. The van der Waals surface area contributed by atoms with Crippen LogP contribution < -0.4 is 16.0 Å². The maximum Gasteiger partial charge on any atom is 0.412 e. The van der Waals surface area contributed by atoms with Crippen molar-refractivity contribution in [1.82, 2.24) is 20.2 Å². The number of fused-ring (bicyclic) bond motifs is 2. The third-order valence-electron chi connectivity index (χ3n) is 4.76. The molecule has 9 heteroatoms. The number of benzene rings is 2. The van der Waals surface area contributed by atoms with Crippen molar-refractivity contribution in [2.75, 3.05) is 0 Å². The van der Waals surface area contributed by atoms with E-state index in [9.17, 15) is 9.59 Å². The van der Waals surface area contributed by atoms with Crippen molar-refractivity contribution >= 4 is 27.9 Å². The van der Waals surface area contributed by atoms with Gasteiger partial charge in [0.1, 0.15) is 5.76 Å². The number of furan rings is 1. The molecule has 0 fully saturated rings. The summed E-state index contributed by atoms with van der Waals surface area (Å²) in [6.45, 7) is 0. The second-order valence-corrected chi connectivity index (χ2v) is 6.72. The molecule has 0 aliphatic heterocycles. The molecule has 0 aliphatic carbocycles. The summed E-state index contributed by atoms with van der Waals surface area (Å²) >= 11 is 0. The molecule has 5 rings (SSSR count). The van der Waals surface area contributed by atoms with Gasteiger partial charge >= 0.3 is 12.1 Å². The molecule has 0 unspecified atom stereocenters. The van der Waals surface area contributed by atoms with Crippen LogP contribution in [0.25, 0.3) is 32.9 Å². The molecular weight excluding hydrogens is 386 g/mol. The van der Waals surface area contributed by atoms with Gasteiger partial charge in [-0.1, -0.05) is 24.3 Å². The molecule has 148 valence electrons. The highest BCUT2D eigenvalue weighted by Gasteiger charge is 2.12. The Bertz CT molecular complexity index is 1460. The van der Waals surface area contributed by atoms with Gasteiger partial charge in [0.05, 0.1) is 34.8 Å². The molecule has 0 aliphatic rings. The van der Waals surface area contributed by atoms with Gasteiger partial charge < -0.3 is 19.9 Å². The van der Waals surface area contributed by atoms with E-state index in [2.05, 4.69) is 20.2 Å². The number of ether oxygens (including phenoxy) is 1. The second-order valence-electron chi connectivity index (χ2n) is 6.72. The van der Waals surface area contributed by atoms with Crippen LogP contribution in [0.15, 0.2) is 64.0 Å². The second kappa shape index (κ2) is 6.89. The van der Waals surface area contributed by atoms with Crippen molar-refractivity contribution in [2.24, 2.45) is 5.73 Å². The van der Waals surface area contributed by atoms with E-state index in [1.54, 1.807) is 18.4 Å². The molecule has 9 nitrogen and oxygen atoms in total. The van der Waals surface area contributed by atoms with Crippen LogP contribution in [0.2, 0.25) is 0 Å². The van der Waals surface area contributed by atoms with Crippen molar-refractivity contribution in [3.05, 3.63) is 76.6 Å². The number of nitrogens with zero attached hydrogens (tertiary/aromatic N) is 2. The van der Waals surface area contributed by atoms with Crippen LogP contribution in [0.4, 0.5) is 4.79 Å². The van der Waals surface area contributed by atoms with E-state index in [-0.39, 0.29) is 11.6 Å². The molecule has 0 spiro atoms. The lowest BCUT2D eigenvalue weighted by Gasteiger charge is -2.02. The maximum atomic E-state index is 12.0. The minimum absolute atomic E-state index is 0.0403. The van der Waals surface area contributed by atoms with Crippen LogP contribution in [0.1, 0.15) is 11.5 Å². The van der Waals surface area contributed by atoms with E-state index in [0.717, 1.165) is 22.2 Å². The molecule has 0 atom stereocenters. The molecule has 5 aromatic rings. The molecule has 0 saturated heterocycles. The number of carbonyl (C=O) groups excluding carboxylic acids is 1. The number of H-pyrrole nitrogens is 2. The topological polar surface area (TPSA) is 140 Å². The molecular formula is C21H15N5O4. The zero-order valence-corrected chi connectivity index (χ0v) is 15.5. The first-order chi connectivity index (χ1) is 14.6. The molecule has 2 aromatic carbocycles. The van der Waals surface area contributed by atoms with Crippen molar-refractivity contribution in [2.45, 2.75) is 6.42 Å². The SMILES string of the molecule is NC(=O)Oc1nc2ccc(-c3coc(Cc4n[nH]c(=O)c5ccccc45)c3)cc2[nH]1. The molecule has 0 radical (unpaired) electrons. The zero-order valence-electron chi connectivity index (χ0n) is 15.5. The molecule has 1 amide bonds. The Balaban J connectivity index is 1.45. The van der Waals surface area contributed by atoms with Gasteiger partial charge in [-0.2, -0.15) is 10.1 Å². The Labute approximate surface area is 168 Å². The van der Waals surface area contributed by atoms with E-state index >= 15 is 0 Å². The smallest absolute Gasteiger partial charge is 0.412 e. The summed E-state index contributed by atoms with van der Waals surface area (Å²) in [5, 5.41) is 8.11. The van der Waals surface area contributed by atoms with Gasteiger partial charge in [-0.25, -0.2) is 9.89 Å². The molecule has 4 N–H and O–H groups in total. The van der Waals surface area contributed by atoms with Crippen LogP contribution in [-0.4, -0.2) is 26.3 Å². The lowest BCUT2D eigenvalue weighted by molar-refractivity contribution is 0.207. The minimum Gasteiger partial charge on any atom is -0.468 e. The summed E-state index contributed by atoms with van der Waals surface area (Å²) < 4.78 is 10.5. The van der Waals surface area contributed by atoms with E-state index in [1.807, 2.05) is 36.4 Å². The number of hydrogen-bond donors (Lipinski definition) is 3. The number of carbonyl (C=O) groups is 1. The number of hydrogen-bond acceptors (Lipinski definition) is 6. The Kier molecular flexibility index (Phi) is 4.06. The Morgan fingerprint density at radius 2 is 1.93 bits per heavy atom. The maximum absolute atomic E-state index is 12.0. The highest BCUT2D eigenvalue weighted by molar-refractivity contribution is 5.84. The summed E-state index contributed by atoms with van der Waals surface area (Å²) in [6.07, 6.45) is 1.15. The van der Waals surface area contributed by atoms with Crippen LogP contribution in [-0.2, 0) is 6.42 Å². The fraction of sp³-hybridized carbons (Fsp3) is 0.0476. The zero-order chi connectivity index (χ0) is 20.7. The lowest BCUT2D eigenvalue weighted by Crippen LogP contribution is -2.16. The quantitative estimate of drug-likeness (QED) is 0.423. The first-order valence-corrected chi connectivity index (χ1v) is 9.08. The Morgan fingerprint density at radius 3 is 2.77 bits per heavy atom. The lowest BCUT2D eigenvalue weighted by atomic mass is 10.1. The monoisotopic (exact) mass is 401 g/mol. The number of aromatic amines is 2. The van der Waals surface area contributed by atoms with Crippen molar-refractivity contribution in [3.63, 3.8) is 0 Å². The molecule has 3 aromatic heterocycles. The van der Waals surface area contributed by atoms with Crippen LogP contribution >= 0.6 is 0 Å². The third-order valence-corrected chi connectivity index (χ3v) is 4.76. The summed E-state index contributed by atoms with van der Waals surface area (Å²) in [4.78, 5) is 29.9. The summed E-state index contributed by atoms with van der Waals surface area (Å²) in [6, 6.07) is 14.8. The number of primary amides is 1. The summed E-state index contributed by atoms with van der Waals surface area (Å²) in [7, 11) is 0. The highest BCUT2D eigenvalue weighted by Crippen LogP contribution is 2.27. The average molecular weight is 401 g/mol. The van der Waals surface area contributed by atoms with Gasteiger partial charge in [0.25, 0.3) is 5.56 Å². The van der Waals surface area contributed by atoms with Gasteiger partial charge in [-0.15, -0.1) is 0 Å². The first kappa shape index (κ1) is 17.7. The molecule has 30 heavy (non-hydrogen) atoms. The Morgan fingerprint density at radius 1 is 1.10 bits per heavy atom. The minimum atomic E-state index is -0.933. The van der Waals surface area contributed by atoms with E-state index < -0.39 is 6.09 Å². The van der Waals surface area contributed by atoms with E-state index in [4.69, 9.17) is 14.9 Å². The predicted molar refractivity (Wildman–Crippen MR) is 109 cm³/mol. The van der Waals surface area contributed by atoms with Gasteiger partial charge in [0, 0.05) is 10.9 Å². The standard InChI is InChI=1S/C21H15N5O4/c22-20(28)30-21-23-16-6-5-11(8-18(16)24-21)12-7-13(29-10-12)9-17-14-3-1-2-4-15(14)19(27)26-25-17/h1-8,10H,9H2,(H2,22,28)(H,23,24)(H,26,27). The van der Waals surface area contributed by atoms with Gasteiger partial charge in [0.15, 0.2) is 0 Å². The van der Waals surface area contributed by atoms with Crippen molar-refractivity contribution in [1.29, 1.82) is 0 Å². The average Bonchev–Trinajstić information content (AvgIpc) is 3.35. The van der Waals surface area contributed by atoms with E-state index in [0.29, 0.717) is 28.6 Å². The predicted octanol–water partition coefficient (Wildman–Crippen LogP) is 3.11. The highest BCUT2D eigenvalue weighted by atomic mass is 16.6. The molecule has 3 heterocycles. The number of nitrogens with two attached hydrogens (primary N) is 1. The molecule has 0 saturated carbocycles. The van der Waals surface area contributed by atoms with Gasteiger partial charge in [-0.05, 0) is 29.8 Å². The number of rotatable bonds is 4. The van der Waals surface area contributed by atoms with Gasteiger partial charge in [-0.3, -0.25) is 4.79 Å². The van der Waals surface area contributed by atoms with Crippen LogP contribution in [0, 0.1) is 0 Å². The number of nitrogens with one attached hydrogen (secondary N) is 2. The van der Waals surface area contributed by atoms with Crippen LogP contribution in [0.3, 0.4) is 0 Å². The summed E-state index contributed by atoms with van der Waals surface area (Å²) in [5.41, 5.74) is 8.62. The molecule has 0 bridgehead atoms. The number of aromatic nitrogens is 4.